The molecule has 0 bridgehead atoms. The Morgan fingerprint density at radius 1 is 1.58 bits per heavy atom. The van der Waals surface area contributed by atoms with Crippen molar-refractivity contribution in [2.45, 2.75) is 31.4 Å². The second kappa shape index (κ2) is 5.20. The molecule has 1 atom stereocenters. The number of aryl methyl sites for hydroxylation is 1. The van der Waals surface area contributed by atoms with Crippen LogP contribution in [0.1, 0.15) is 25.3 Å². The molecule has 0 saturated carbocycles. The molecule has 0 radical (unpaired) electrons. The van der Waals surface area contributed by atoms with Crippen LogP contribution in [0.3, 0.4) is 0 Å². The van der Waals surface area contributed by atoms with E-state index in [4.69, 9.17) is 0 Å². The molecule has 0 fully saturated rings. The zero-order valence-electron chi connectivity index (χ0n) is 7.40. The van der Waals surface area contributed by atoms with E-state index in [1.54, 1.807) is 0 Å². The van der Waals surface area contributed by atoms with Gasteiger partial charge in [-0.1, -0.05) is 13.0 Å². The summed E-state index contributed by atoms with van der Waals surface area (Å²) in [6.07, 6.45) is 7.25. The SMILES string of the molecule is CC(S)CCCc1cccnc1. The Bertz CT molecular complexity index is 208. The van der Waals surface area contributed by atoms with E-state index in [0.29, 0.717) is 5.25 Å². The van der Waals surface area contributed by atoms with Crippen LogP contribution in [0.5, 0.6) is 0 Å². The van der Waals surface area contributed by atoms with E-state index in [1.807, 2.05) is 18.5 Å². The van der Waals surface area contributed by atoms with Crippen LogP contribution in [0, 0.1) is 0 Å². The van der Waals surface area contributed by atoms with Gasteiger partial charge in [0, 0.05) is 12.4 Å². The predicted molar refractivity (Wildman–Crippen MR) is 55.6 cm³/mol. The number of nitrogens with zero attached hydrogens (tertiary/aromatic N) is 1. The molecule has 0 aliphatic rings. The molecule has 0 amide bonds. The molecular weight excluding hydrogens is 166 g/mol. The minimum absolute atomic E-state index is 0.515. The molecule has 1 nitrogen and oxygen atoms in total. The highest BCUT2D eigenvalue weighted by atomic mass is 32.1. The van der Waals surface area contributed by atoms with Crippen molar-refractivity contribution in [2.75, 3.05) is 0 Å². The molecule has 2 heteroatoms. The maximum Gasteiger partial charge on any atom is 0.0299 e. The summed E-state index contributed by atoms with van der Waals surface area (Å²) in [6, 6.07) is 4.11. The van der Waals surface area contributed by atoms with Crippen molar-refractivity contribution in [3.05, 3.63) is 30.1 Å². The Morgan fingerprint density at radius 2 is 2.42 bits per heavy atom. The van der Waals surface area contributed by atoms with Gasteiger partial charge >= 0.3 is 0 Å². The van der Waals surface area contributed by atoms with Crippen LogP contribution in [0.2, 0.25) is 0 Å². The summed E-state index contributed by atoms with van der Waals surface area (Å²) in [5.41, 5.74) is 1.33. The topological polar surface area (TPSA) is 12.9 Å². The van der Waals surface area contributed by atoms with E-state index in [0.717, 1.165) is 6.42 Å². The molecule has 0 aliphatic heterocycles. The Morgan fingerprint density at radius 3 is 3.00 bits per heavy atom. The van der Waals surface area contributed by atoms with Crippen LogP contribution < -0.4 is 0 Å². The number of pyridine rings is 1. The summed E-state index contributed by atoms with van der Waals surface area (Å²) in [5.74, 6) is 0. The van der Waals surface area contributed by atoms with Crippen LogP contribution in [-0.4, -0.2) is 10.2 Å². The Hall–Kier alpha value is -0.500. The number of aromatic nitrogens is 1. The first kappa shape index (κ1) is 9.59. The zero-order chi connectivity index (χ0) is 8.81. The first-order chi connectivity index (χ1) is 5.79. The van der Waals surface area contributed by atoms with Gasteiger partial charge < -0.3 is 0 Å². The average molecular weight is 181 g/mol. The largest absolute Gasteiger partial charge is 0.264 e. The van der Waals surface area contributed by atoms with Gasteiger partial charge in [-0.15, -0.1) is 0 Å². The van der Waals surface area contributed by atoms with Crippen molar-refractivity contribution < 1.29 is 0 Å². The molecule has 66 valence electrons. The molecule has 0 spiro atoms. The van der Waals surface area contributed by atoms with Gasteiger partial charge in [-0.25, -0.2) is 0 Å². The second-order valence-corrected chi connectivity index (χ2v) is 3.98. The van der Waals surface area contributed by atoms with Crippen LogP contribution >= 0.6 is 12.6 Å². The van der Waals surface area contributed by atoms with Crippen molar-refractivity contribution in [1.29, 1.82) is 0 Å². The number of hydrogen-bond acceptors (Lipinski definition) is 2. The van der Waals surface area contributed by atoms with Crippen LogP contribution in [0.15, 0.2) is 24.5 Å². The first-order valence-electron chi connectivity index (χ1n) is 4.36. The van der Waals surface area contributed by atoms with Gasteiger partial charge in [-0.2, -0.15) is 12.6 Å². The highest BCUT2D eigenvalue weighted by molar-refractivity contribution is 7.80. The lowest BCUT2D eigenvalue weighted by atomic mass is 10.1. The molecule has 0 aromatic carbocycles. The highest BCUT2D eigenvalue weighted by Gasteiger charge is 1.95. The lowest BCUT2D eigenvalue weighted by Crippen LogP contribution is -1.93. The van der Waals surface area contributed by atoms with Crippen molar-refractivity contribution in [1.82, 2.24) is 4.98 Å². The Balaban J connectivity index is 2.25. The average Bonchev–Trinajstić information content (AvgIpc) is 2.05. The van der Waals surface area contributed by atoms with Gasteiger partial charge in [0.25, 0.3) is 0 Å². The predicted octanol–water partition coefficient (Wildman–Crippen LogP) is 2.72. The van der Waals surface area contributed by atoms with Crippen LogP contribution in [0.25, 0.3) is 0 Å². The molecule has 0 aliphatic carbocycles. The molecule has 0 N–H and O–H groups in total. The van der Waals surface area contributed by atoms with Crippen LogP contribution in [-0.2, 0) is 6.42 Å². The van der Waals surface area contributed by atoms with Gasteiger partial charge in [0.2, 0.25) is 0 Å². The molecule has 0 saturated heterocycles. The van der Waals surface area contributed by atoms with Gasteiger partial charge in [-0.3, -0.25) is 4.98 Å². The standard InChI is InChI=1S/C10H15NS/c1-9(12)4-2-5-10-6-3-7-11-8-10/h3,6-9,12H,2,4-5H2,1H3. The highest BCUT2D eigenvalue weighted by Crippen LogP contribution is 2.07. The summed E-state index contributed by atoms with van der Waals surface area (Å²) >= 11 is 4.33. The molecular formula is C10H15NS. The van der Waals surface area contributed by atoms with Gasteiger partial charge in [0.15, 0.2) is 0 Å². The van der Waals surface area contributed by atoms with Crippen LogP contribution in [0.4, 0.5) is 0 Å². The smallest absolute Gasteiger partial charge is 0.0299 e. The fourth-order valence-corrected chi connectivity index (χ4v) is 1.33. The van der Waals surface area contributed by atoms with E-state index < -0.39 is 0 Å². The molecule has 1 aromatic heterocycles. The third-order valence-electron chi connectivity index (χ3n) is 1.81. The number of thiol groups is 1. The monoisotopic (exact) mass is 181 g/mol. The van der Waals surface area contributed by atoms with E-state index in [-0.39, 0.29) is 0 Å². The summed E-state index contributed by atoms with van der Waals surface area (Å²) in [5, 5.41) is 0.515. The van der Waals surface area contributed by atoms with Gasteiger partial charge in [0.1, 0.15) is 0 Å². The fraction of sp³-hybridized carbons (Fsp3) is 0.500. The third-order valence-corrected chi connectivity index (χ3v) is 2.07. The Labute approximate surface area is 79.6 Å². The van der Waals surface area contributed by atoms with Crippen molar-refractivity contribution in [3.8, 4) is 0 Å². The van der Waals surface area contributed by atoms with Crippen molar-refractivity contribution in [2.24, 2.45) is 0 Å². The minimum atomic E-state index is 0.515. The fourth-order valence-electron chi connectivity index (χ4n) is 1.15. The van der Waals surface area contributed by atoms with E-state index in [1.165, 1.54) is 18.4 Å². The maximum absolute atomic E-state index is 4.33. The quantitative estimate of drug-likeness (QED) is 0.705. The first-order valence-corrected chi connectivity index (χ1v) is 4.87. The molecule has 1 aromatic rings. The van der Waals surface area contributed by atoms with Gasteiger partial charge in [-0.05, 0) is 36.1 Å². The van der Waals surface area contributed by atoms with E-state index in [2.05, 4.69) is 30.6 Å². The lowest BCUT2D eigenvalue weighted by Gasteiger charge is -2.02. The summed E-state index contributed by atoms with van der Waals surface area (Å²) in [7, 11) is 0. The summed E-state index contributed by atoms with van der Waals surface area (Å²) < 4.78 is 0. The summed E-state index contributed by atoms with van der Waals surface area (Å²) in [4.78, 5) is 4.06. The number of hydrogen-bond donors (Lipinski definition) is 1. The third kappa shape index (κ3) is 3.77. The van der Waals surface area contributed by atoms with Gasteiger partial charge in [0.05, 0.1) is 0 Å². The van der Waals surface area contributed by atoms with E-state index in [9.17, 15) is 0 Å². The lowest BCUT2D eigenvalue weighted by molar-refractivity contribution is 0.730. The zero-order valence-corrected chi connectivity index (χ0v) is 8.30. The number of rotatable bonds is 4. The second-order valence-electron chi connectivity index (χ2n) is 3.10. The van der Waals surface area contributed by atoms with Crippen molar-refractivity contribution >= 4 is 12.6 Å². The molecule has 12 heavy (non-hydrogen) atoms. The van der Waals surface area contributed by atoms with E-state index >= 15 is 0 Å². The molecule has 1 heterocycles. The molecule has 1 unspecified atom stereocenters. The Kier molecular flexibility index (Phi) is 4.15. The summed E-state index contributed by atoms with van der Waals surface area (Å²) in [6.45, 7) is 2.13. The van der Waals surface area contributed by atoms with Crippen molar-refractivity contribution in [3.63, 3.8) is 0 Å². The minimum Gasteiger partial charge on any atom is -0.264 e. The normalized spacial score (nSPS) is 12.8. The maximum atomic E-state index is 4.33. The molecule has 1 rings (SSSR count).